The minimum absolute atomic E-state index is 0.0912. The molecule has 0 saturated heterocycles. The fourth-order valence-corrected chi connectivity index (χ4v) is 3.63. The Kier molecular flexibility index (Phi) is 3.68. The molecule has 20 heavy (non-hydrogen) atoms. The number of benzene rings is 1. The summed E-state index contributed by atoms with van der Waals surface area (Å²) in [6.07, 6.45) is 6.43. The van der Waals surface area contributed by atoms with Crippen molar-refractivity contribution in [1.82, 2.24) is 4.90 Å². The Morgan fingerprint density at radius 2 is 1.90 bits per heavy atom. The van der Waals surface area contributed by atoms with Gasteiger partial charge in [-0.25, -0.2) is 0 Å². The molecule has 1 N–H and O–H groups in total. The summed E-state index contributed by atoms with van der Waals surface area (Å²) in [4.78, 5) is 14.3. The van der Waals surface area contributed by atoms with Crippen molar-refractivity contribution in [3.05, 3.63) is 29.3 Å². The van der Waals surface area contributed by atoms with Crippen molar-refractivity contribution in [2.45, 2.75) is 45.6 Å². The summed E-state index contributed by atoms with van der Waals surface area (Å²) >= 11 is 0. The number of phenols is 1. The first-order valence-corrected chi connectivity index (χ1v) is 7.78. The molecule has 2 aliphatic rings. The minimum Gasteiger partial charge on any atom is -0.508 e. The van der Waals surface area contributed by atoms with Crippen LogP contribution in [0.3, 0.4) is 0 Å². The second kappa shape index (κ2) is 5.47. The predicted octanol–water partition coefficient (Wildman–Crippen LogP) is 3.56. The van der Waals surface area contributed by atoms with Crippen molar-refractivity contribution in [3.63, 3.8) is 0 Å². The van der Waals surface area contributed by atoms with Crippen LogP contribution in [0.5, 0.6) is 5.75 Å². The second-order valence-electron chi connectivity index (χ2n) is 6.32. The number of rotatable bonds is 3. The van der Waals surface area contributed by atoms with Gasteiger partial charge in [0.05, 0.1) is 0 Å². The summed E-state index contributed by atoms with van der Waals surface area (Å²) in [6, 6.07) is 5.14. The summed E-state index contributed by atoms with van der Waals surface area (Å²) in [5.41, 5.74) is 1.74. The molecule has 1 aliphatic heterocycles. The van der Waals surface area contributed by atoms with Crippen molar-refractivity contribution in [2.75, 3.05) is 6.54 Å². The van der Waals surface area contributed by atoms with Crippen molar-refractivity contribution >= 4 is 5.91 Å². The van der Waals surface area contributed by atoms with Gasteiger partial charge in [-0.2, -0.15) is 0 Å². The Balaban J connectivity index is 1.62. The third-order valence-electron chi connectivity index (χ3n) is 4.99. The lowest BCUT2D eigenvalue weighted by Crippen LogP contribution is -2.31. The molecule has 0 atom stereocenters. The number of nitrogens with zero attached hydrogens (tertiary/aromatic N) is 1. The summed E-state index contributed by atoms with van der Waals surface area (Å²) < 4.78 is 0. The zero-order chi connectivity index (χ0) is 14.1. The molecule has 1 aromatic rings. The lowest BCUT2D eigenvalue weighted by atomic mass is 9.80. The highest BCUT2D eigenvalue weighted by Crippen LogP contribution is 2.33. The molecule has 1 amide bonds. The number of amides is 1. The first kappa shape index (κ1) is 13.5. The predicted molar refractivity (Wildman–Crippen MR) is 78.6 cm³/mol. The largest absolute Gasteiger partial charge is 0.508 e. The van der Waals surface area contributed by atoms with Crippen LogP contribution in [0.15, 0.2) is 18.2 Å². The first-order chi connectivity index (χ1) is 9.67. The summed E-state index contributed by atoms with van der Waals surface area (Å²) in [5.74, 6) is 1.83. The van der Waals surface area contributed by atoms with Crippen molar-refractivity contribution in [3.8, 4) is 5.75 Å². The Hall–Kier alpha value is -1.51. The first-order valence-electron chi connectivity index (χ1n) is 7.78. The van der Waals surface area contributed by atoms with Crippen LogP contribution in [-0.2, 0) is 6.54 Å². The summed E-state index contributed by atoms with van der Waals surface area (Å²) in [7, 11) is 0. The quantitative estimate of drug-likeness (QED) is 0.914. The summed E-state index contributed by atoms with van der Waals surface area (Å²) in [6.45, 7) is 3.87. The maximum atomic E-state index is 12.4. The van der Waals surface area contributed by atoms with Gasteiger partial charge in [-0.15, -0.1) is 0 Å². The number of phenolic OH excluding ortho intramolecular Hbond substituents is 1. The fraction of sp³-hybridized carbons (Fsp3) is 0.588. The molecular formula is C17H23NO2. The highest BCUT2D eigenvalue weighted by atomic mass is 16.3. The van der Waals surface area contributed by atoms with Crippen LogP contribution in [0.1, 0.15) is 54.9 Å². The molecule has 1 aliphatic carbocycles. The zero-order valence-corrected chi connectivity index (χ0v) is 12.1. The maximum Gasteiger partial charge on any atom is 0.254 e. The average molecular weight is 273 g/mol. The Morgan fingerprint density at radius 1 is 1.20 bits per heavy atom. The molecule has 0 spiro atoms. The van der Waals surface area contributed by atoms with Gasteiger partial charge in [-0.3, -0.25) is 4.79 Å². The normalized spacial score (nSPS) is 25.9. The maximum absolute atomic E-state index is 12.4. The van der Waals surface area contributed by atoms with E-state index in [1.807, 2.05) is 11.0 Å². The lowest BCUT2D eigenvalue weighted by Gasteiger charge is -2.30. The number of fused-ring (bicyclic) bond motifs is 1. The van der Waals surface area contributed by atoms with Gasteiger partial charge >= 0.3 is 0 Å². The third-order valence-corrected chi connectivity index (χ3v) is 4.99. The van der Waals surface area contributed by atoms with Gasteiger partial charge in [-0.1, -0.05) is 32.3 Å². The molecule has 3 heteroatoms. The highest BCUT2D eigenvalue weighted by molar-refractivity contribution is 5.98. The van der Waals surface area contributed by atoms with E-state index in [1.54, 1.807) is 12.1 Å². The second-order valence-corrected chi connectivity index (χ2v) is 6.32. The van der Waals surface area contributed by atoms with Gasteiger partial charge in [0.25, 0.3) is 5.91 Å². The van der Waals surface area contributed by atoms with Crippen molar-refractivity contribution in [2.24, 2.45) is 11.8 Å². The Labute approximate surface area is 120 Å². The topological polar surface area (TPSA) is 40.5 Å². The van der Waals surface area contributed by atoms with E-state index >= 15 is 0 Å². The van der Waals surface area contributed by atoms with Crippen LogP contribution in [-0.4, -0.2) is 22.5 Å². The molecule has 0 unspecified atom stereocenters. The molecule has 1 aromatic carbocycles. The average Bonchev–Trinajstić information content (AvgIpc) is 2.76. The molecule has 0 radical (unpaired) electrons. The SMILES string of the molecule is CCC1CCC(CN2Cc3ccc(O)cc3C2=O)CC1. The monoisotopic (exact) mass is 273 g/mol. The van der Waals surface area contributed by atoms with E-state index in [9.17, 15) is 9.90 Å². The van der Waals surface area contributed by atoms with E-state index < -0.39 is 0 Å². The van der Waals surface area contributed by atoms with Gasteiger partial charge in [0, 0.05) is 18.7 Å². The van der Waals surface area contributed by atoms with Gasteiger partial charge in [0.2, 0.25) is 0 Å². The van der Waals surface area contributed by atoms with Gasteiger partial charge in [-0.05, 0) is 42.4 Å². The molecule has 0 bridgehead atoms. The molecule has 0 aromatic heterocycles. The van der Waals surface area contributed by atoms with E-state index in [2.05, 4.69) is 6.92 Å². The van der Waals surface area contributed by atoms with Gasteiger partial charge < -0.3 is 10.0 Å². The van der Waals surface area contributed by atoms with E-state index in [1.165, 1.54) is 32.1 Å². The fourth-order valence-electron chi connectivity index (χ4n) is 3.63. The molecule has 1 saturated carbocycles. The molecule has 1 fully saturated rings. The number of carbonyl (C=O) groups is 1. The van der Waals surface area contributed by atoms with Crippen LogP contribution >= 0.6 is 0 Å². The Morgan fingerprint density at radius 3 is 2.60 bits per heavy atom. The smallest absolute Gasteiger partial charge is 0.254 e. The minimum atomic E-state index is 0.0912. The van der Waals surface area contributed by atoms with Crippen LogP contribution in [0.25, 0.3) is 0 Å². The van der Waals surface area contributed by atoms with Crippen LogP contribution in [0.2, 0.25) is 0 Å². The van der Waals surface area contributed by atoms with Crippen LogP contribution in [0, 0.1) is 11.8 Å². The standard InChI is InChI=1S/C17H23NO2/c1-2-12-3-5-13(6-4-12)10-18-11-14-7-8-15(19)9-16(14)17(18)20/h7-9,12-13,19H,2-6,10-11H2,1H3. The lowest BCUT2D eigenvalue weighted by molar-refractivity contribution is 0.0729. The van der Waals surface area contributed by atoms with E-state index in [4.69, 9.17) is 0 Å². The third kappa shape index (κ3) is 2.54. The summed E-state index contributed by atoms with van der Waals surface area (Å²) in [5, 5.41) is 9.51. The van der Waals surface area contributed by atoms with Gasteiger partial charge in [0.1, 0.15) is 5.75 Å². The van der Waals surface area contributed by atoms with E-state index in [-0.39, 0.29) is 11.7 Å². The number of hydrogen-bond donors (Lipinski definition) is 1. The number of hydrogen-bond acceptors (Lipinski definition) is 2. The molecule has 108 valence electrons. The molecule has 1 heterocycles. The molecule has 3 rings (SSSR count). The Bertz CT molecular complexity index is 504. The van der Waals surface area contributed by atoms with Crippen LogP contribution in [0.4, 0.5) is 0 Å². The number of aromatic hydroxyl groups is 1. The van der Waals surface area contributed by atoms with E-state index in [0.717, 1.165) is 18.0 Å². The molecular weight excluding hydrogens is 250 g/mol. The van der Waals surface area contributed by atoms with Crippen molar-refractivity contribution < 1.29 is 9.90 Å². The molecule has 3 nitrogen and oxygen atoms in total. The van der Waals surface area contributed by atoms with Gasteiger partial charge in [0.15, 0.2) is 0 Å². The van der Waals surface area contributed by atoms with Crippen molar-refractivity contribution in [1.29, 1.82) is 0 Å². The zero-order valence-electron chi connectivity index (χ0n) is 12.1. The highest BCUT2D eigenvalue weighted by Gasteiger charge is 2.30. The number of carbonyl (C=O) groups excluding carboxylic acids is 1. The van der Waals surface area contributed by atoms with E-state index in [0.29, 0.717) is 18.0 Å². The van der Waals surface area contributed by atoms with Crippen LogP contribution < -0.4 is 0 Å².